The first-order chi connectivity index (χ1) is 13.4. The number of urea groups is 1. The summed E-state index contributed by atoms with van der Waals surface area (Å²) in [4.78, 5) is 29.5. The van der Waals surface area contributed by atoms with Gasteiger partial charge in [0.2, 0.25) is 5.91 Å². The van der Waals surface area contributed by atoms with Gasteiger partial charge < -0.3 is 24.6 Å². The second-order valence-electron chi connectivity index (χ2n) is 8.04. The summed E-state index contributed by atoms with van der Waals surface area (Å²) >= 11 is 0. The molecule has 28 heavy (non-hydrogen) atoms. The molecule has 2 heterocycles. The second-order valence-corrected chi connectivity index (χ2v) is 8.04. The molecule has 0 aromatic heterocycles. The van der Waals surface area contributed by atoms with E-state index in [0.29, 0.717) is 31.1 Å². The summed E-state index contributed by atoms with van der Waals surface area (Å²) in [5, 5.41) is 2.93. The molecule has 2 aliphatic rings. The quantitative estimate of drug-likeness (QED) is 0.840. The Kier molecular flexibility index (Phi) is 6.01. The minimum absolute atomic E-state index is 0.0775. The highest BCUT2D eigenvalue weighted by atomic mass is 16.5. The summed E-state index contributed by atoms with van der Waals surface area (Å²) < 4.78 is 10.9. The van der Waals surface area contributed by atoms with E-state index in [2.05, 4.69) is 5.32 Å². The van der Waals surface area contributed by atoms with Crippen molar-refractivity contribution in [1.82, 2.24) is 15.1 Å². The third kappa shape index (κ3) is 3.88. The molecule has 0 bridgehead atoms. The Hall–Kier alpha value is -2.44. The van der Waals surface area contributed by atoms with Gasteiger partial charge in [0.1, 0.15) is 0 Å². The second kappa shape index (κ2) is 8.29. The molecule has 1 N–H and O–H groups in total. The molecule has 1 aromatic rings. The molecule has 154 valence electrons. The maximum Gasteiger partial charge on any atom is 0.317 e. The lowest BCUT2D eigenvalue weighted by molar-refractivity contribution is -0.146. The maximum absolute atomic E-state index is 13.4. The van der Waals surface area contributed by atoms with Gasteiger partial charge in [0, 0.05) is 37.8 Å². The summed E-state index contributed by atoms with van der Waals surface area (Å²) in [6.07, 6.45) is 2.50. The van der Waals surface area contributed by atoms with Gasteiger partial charge in [0.25, 0.3) is 0 Å². The van der Waals surface area contributed by atoms with Crippen molar-refractivity contribution < 1.29 is 19.1 Å². The van der Waals surface area contributed by atoms with Crippen molar-refractivity contribution in [2.45, 2.75) is 45.7 Å². The Labute approximate surface area is 167 Å². The number of ether oxygens (including phenoxy) is 2. The number of rotatable bonds is 5. The molecule has 1 atom stereocenters. The molecule has 7 heteroatoms. The Morgan fingerprint density at radius 3 is 2.68 bits per heavy atom. The van der Waals surface area contributed by atoms with Crippen molar-refractivity contribution in [3.8, 4) is 11.5 Å². The molecule has 3 amide bonds. The number of benzene rings is 1. The van der Waals surface area contributed by atoms with Crippen molar-refractivity contribution in [3.63, 3.8) is 0 Å². The topological polar surface area (TPSA) is 71.1 Å². The minimum atomic E-state index is -0.460. The highest BCUT2D eigenvalue weighted by Gasteiger charge is 2.49. The van der Waals surface area contributed by atoms with Crippen molar-refractivity contribution >= 4 is 11.9 Å². The van der Waals surface area contributed by atoms with E-state index in [1.54, 1.807) is 19.1 Å². The fourth-order valence-electron chi connectivity index (χ4n) is 4.35. The van der Waals surface area contributed by atoms with E-state index in [-0.39, 0.29) is 18.0 Å². The molecule has 0 unspecified atom stereocenters. The Balaban J connectivity index is 1.74. The molecule has 1 aromatic carbocycles. The lowest BCUT2D eigenvalue weighted by Crippen LogP contribution is -2.51. The number of piperidine rings is 1. The number of likely N-dealkylation sites (tertiary alicyclic amines) is 2. The van der Waals surface area contributed by atoms with Crippen LogP contribution in [0, 0.1) is 5.41 Å². The predicted molar refractivity (Wildman–Crippen MR) is 106 cm³/mol. The summed E-state index contributed by atoms with van der Waals surface area (Å²) in [6.45, 7) is 6.21. The third-order valence-electron chi connectivity index (χ3n) is 5.72. The molecule has 2 saturated heterocycles. The minimum Gasteiger partial charge on any atom is -0.493 e. The summed E-state index contributed by atoms with van der Waals surface area (Å²) in [6, 6.07) is 5.74. The fourth-order valence-corrected chi connectivity index (χ4v) is 4.35. The van der Waals surface area contributed by atoms with Crippen LogP contribution < -0.4 is 14.8 Å². The summed E-state index contributed by atoms with van der Waals surface area (Å²) in [5.74, 6) is 1.47. The van der Waals surface area contributed by atoms with E-state index < -0.39 is 5.41 Å². The number of hydrogen-bond donors (Lipinski definition) is 1. The van der Waals surface area contributed by atoms with Gasteiger partial charge in [-0.05, 0) is 39.2 Å². The van der Waals surface area contributed by atoms with E-state index in [0.717, 1.165) is 31.4 Å². The summed E-state index contributed by atoms with van der Waals surface area (Å²) in [7, 11) is 3.22. The van der Waals surface area contributed by atoms with Gasteiger partial charge in [-0.25, -0.2) is 4.79 Å². The van der Waals surface area contributed by atoms with Gasteiger partial charge in [0.15, 0.2) is 11.5 Å². The van der Waals surface area contributed by atoms with Gasteiger partial charge in [-0.3, -0.25) is 4.79 Å². The fraction of sp³-hybridized carbons (Fsp3) is 0.619. The van der Waals surface area contributed by atoms with E-state index in [9.17, 15) is 9.59 Å². The average molecular weight is 389 g/mol. The van der Waals surface area contributed by atoms with Crippen LogP contribution in [0.3, 0.4) is 0 Å². The molecule has 2 fully saturated rings. The number of nitrogens with one attached hydrogen (secondary N) is 1. The molecular formula is C21H31N3O4. The number of amides is 3. The van der Waals surface area contributed by atoms with Crippen molar-refractivity contribution in [2.24, 2.45) is 5.41 Å². The molecule has 0 radical (unpaired) electrons. The molecule has 0 aliphatic carbocycles. The normalized spacial score (nSPS) is 22.1. The highest BCUT2D eigenvalue weighted by molar-refractivity contribution is 5.86. The zero-order chi connectivity index (χ0) is 20.3. The van der Waals surface area contributed by atoms with Gasteiger partial charge in [-0.2, -0.15) is 0 Å². The molecule has 1 spiro atoms. The van der Waals surface area contributed by atoms with Crippen LogP contribution in [0.4, 0.5) is 4.79 Å². The standard InChI is InChI=1S/C21H31N3O4/c1-15(2)22-20(26)24-12-10-21(14-24)9-6-11-23(19(21)25)13-16-7-5-8-17(27-3)18(16)28-4/h5,7-8,15H,6,9-14H2,1-4H3,(H,22,26)/t21-/m0/s1. The first-order valence-electron chi connectivity index (χ1n) is 9.95. The van der Waals surface area contributed by atoms with Crippen LogP contribution in [-0.2, 0) is 11.3 Å². The molecular weight excluding hydrogens is 358 g/mol. The van der Waals surface area contributed by atoms with Gasteiger partial charge in [-0.1, -0.05) is 12.1 Å². The lowest BCUT2D eigenvalue weighted by atomic mass is 9.78. The van der Waals surface area contributed by atoms with Crippen molar-refractivity contribution in [1.29, 1.82) is 0 Å². The first kappa shape index (κ1) is 20.3. The van der Waals surface area contributed by atoms with Crippen molar-refractivity contribution in [3.05, 3.63) is 23.8 Å². The van der Waals surface area contributed by atoms with Crippen LogP contribution in [-0.4, -0.2) is 61.6 Å². The van der Waals surface area contributed by atoms with Crippen LogP contribution in [0.25, 0.3) is 0 Å². The zero-order valence-corrected chi connectivity index (χ0v) is 17.3. The van der Waals surface area contributed by atoms with E-state index in [1.807, 2.05) is 36.9 Å². The monoisotopic (exact) mass is 389 g/mol. The highest BCUT2D eigenvalue weighted by Crippen LogP contribution is 2.41. The van der Waals surface area contributed by atoms with Crippen LogP contribution in [0.15, 0.2) is 18.2 Å². The smallest absolute Gasteiger partial charge is 0.317 e. The molecule has 7 nitrogen and oxygen atoms in total. The van der Waals surface area contributed by atoms with Crippen LogP contribution in [0.2, 0.25) is 0 Å². The third-order valence-corrected chi connectivity index (χ3v) is 5.72. The van der Waals surface area contributed by atoms with Gasteiger partial charge in [-0.15, -0.1) is 0 Å². The number of carbonyl (C=O) groups excluding carboxylic acids is 2. The van der Waals surface area contributed by atoms with Crippen LogP contribution in [0.5, 0.6) is 11.5 Å². The molecule has 0 saturated carbocycles. The maximum atomic E-state index is 13.4. The van der Waals surface area contributed by atoms with Gasteiger partial charge >= 0.3 is 6.03 Å². The van der Waals surface area contributed by atoms with Crippen molar-refractivity contribution in [2.75, 3.05) is 33.9 Å². The first-order valence-corrected chi connectivity index (χ1v) is 9.95. The SMILES string of the molecule is COc1cccc(CN2CCC[C@@]3(CCN(C(=O)NC(C)C)C3)C2=O)c1OC. The lowest BCUT2D eigenvalue weighted by Gasteiger charge is -2.39. The van der Waals surface area contributed by atoms with E-state index >= 15 is 0 Å². The van der Waals surface area contributed by atoms with Crippen LogP contribution >= 0.6 is 0 Å². The Morgan fingerprint density at radius 1 is 1.21 bits per heavy atom. The Bertz CT molecular complexity index is 736. The molecule has 3 rings (SSSR count). The number of methoxy groups -OCH3 is 2. The summed E-state index contributed by atoms with van der Waals surface area (Å²) in [5.41, 5.74) is 0.471. The Morgan fingerprint density at radius 2 is 2.00 bits per heavy atom. The average Bonchev–Trinajstić information content (AvgIpc) is 3.10. The number of para-hydroxylation sites is 1. The zero-order valence-electron chi connectivity index (χ0n) is 17.3. The molecule has 2 aliphatic heterocycles. The number of nitrogens with zero attached hydrogens (tertiary/aromatic N) is 2. The van der Waals surface area contributed by atoms with Crippen LogP contribution in [0.1, 0.15) is 38.7 Å². The van der Waals surface area contributed by atoms with Gasteiger partial charge in [0.05, 0.1) is 19.6 Å². The van der Waals surface area contributed by atoms with E-state index in [4.69, 9.17) is 9.47 Å². The number of carbonyl (C=O) groups is 2. The van der Waals surface area contributed by atoms with E-state index in [1.165, 1.54) is 0 Å². The largest absolute Gasteiger partial charge is 0.493 e. The number of hydrogen-bond acceptors (Lipinski definition) is 4. The predicted octanol–water partition coefficient (Wildman–Crippen LogP) is 2.64.